The number of hydrogen-bond acceptors (Lipinski definition) is 4. The Morgan fingerprint density at radius 1 is 1.08 bits per heavy atom. The number of pyridine rings is 1. The van der Waals surface area contributed by atoms with Crippen LogP contribution in [0, 0.1) is 5.82 Å². The standard InChI is InChI=1S/C18H14ClFN2O2/c1-24-17-8-11(3-5-16(17)23)13-6-12(9-22-18(13)21)10-2-4-15(20)14(19)7-10/h2-9,23H,1H3,(H2,21,22). The molecule has 6 heteroatoms. The van der Waals surface area contributed by atoms with E-state index < -0.39 is 5.82 Å². The number of nitrogens with two attached hydrogens (primary N) is 1. The molecule has 0 saturated carbocycles. The van der Waals surface area contributed by atoms with Gasteiger partial charge in [-0.1, -0.05) is 23.7 Å². The van der Waals surface area contributed by atoms with E-state index in [4.69, 9.17) is 22.1 Å². The Labute approximate surface area is 143 Å². The summed E-state index contributed by atoms with van der Waals surface area (Å²) in [5.41, 5.74) is 8.86. The SMILES string of the molecule is COc1cc(-c2cc(-c3ccc(F)c(Cl)c3)cnc2N)ccc1O. The number of anilines is 1. The fraction of sp³-hybridized carbons (Fsp3) is 0.0556. The van der Waals surface area contributed by atoms with E-state index in [2.05, 4.69) is 4.98 Å². The zero-order valence-electron chi connectivity index (χ0n) is 12.8. The summed E-state index contributed by atoms with van der Waals surface area (Å²) in [5.74, 6) is 0.225. The lowest BCUT2D eigenvalue weighted by Crippen LogP contribution is -1.95. The minimum absolute atomic E-state index is 0.0363. The highest BCUT2D eigenvalue weighted by Crippen LogP contribution is 2.35. The van der Waals surface area contributed by atoms with E-state index in [9.17, 15) is 9.50 Å². The Balaban J connectivity index is 2.11. The first-order chi connectivity index (χ1) is 11.5. The number of phenolic OH excluding ortho intramolecular Hbond substituents is 1. The van der Waals surface area contributed by atoms with Crippen LogP contribution in [0.1, 0.15) is 0 Å². The van der Waals surface area contributed by atoms with Gasteiger partial charge in [0.25, 0.3) is 0 Å². The van der Waals surface area contributed by atoms with Crippen LogP contribution in [0.15, 0.2) is 48.7 Å². The molecule has 3 rings (SSSR count). The Morgan fingerprint density at radius 3 is 2.54 bits per heavy atom. The molecule has 0 aliphatic rings. The minimum atomic E-state index is -0.479. The van der Waals surface area contributed by atoms with Crippen LogP contribution in [0.5, 0.6) is 11.5 Å². The van der Waals surface area contributed by atoms with Crippen LogP contribution in [0.2, 0.25) is 5.02 Å². The van der Waals surface area contributed by atoms with Crippen molar-refractivity contribution < 1.29 is 14.2 Å². The molecule has 0 radical (unpaired) electrons. The molecule has 0 atom stereocenters. The first kappa shape index (κ1) is 16.1. The molecule has 3 N–H and O–H groups in total. The zero-order chi connectivity index (χ0) is 17.3. The number of ether oxygens (including phenoxy) is 1. The Morgan fingerprint density at radius 2 is 1.83 bits per heavy atom. The minimum Gasteiger partial charge on any atom is -0.504 e. The molecular weight excluding hydrogens is 331 g/mol. The van der Waals surface area contributed by atoms with Crippen molar-refractivity contribution in [3.8, 4) is 33.8 Å². The molecule has 24 heavy (non-hydrogen) atoms. The average Bonchev–Trinajstić information content (AvgIpc) is 2.58. The maximum atomic E-state index is 13.3. The molecule has 0 bridgehead atoms. The van der Waals surface area contributed by atoms with Crippen LogP contribution in [0.25, 0.3) is 22.3 Å². The lowest BCUT2D eigenvalue weighted by atomic mass is 10.0. The van der Waals surface area contributed by atoms with Gasteiger partial charge in [-0.3, -0.25) is 0 Å². The summed E-state index contributed by atoms with van der Waals surface area (Å²) in [6.45, 7) is 0. The second kappa shape index (κ2) is 6.37. The largest absolute Gasteiger partial charge is 0.504 e. The number of halogens is 2. The van der Waals surface area contributed by atoms with Gasteiger partial charge in [-0.05, 0) is 41.5 Å². The molecule has 0 unspecified atom stereocenters. The molecule has 0 aliphatic carbocycles. The first-order valence-electron chi connectivity index (χ1n) is 7.08. The van der Waals surface area contributed by atoms with Gasteiger partial charge in [-0.25, -0.2) is 9.37 Å². The summed E-state index contributed by atoms with van der Waals surface area (Å²) < 4.78 is 18.5. The normalized spacial score (nSPS) is 10.6. The van der Waals surface area contributed by atoms with Crippen molar-refractivity contribution in [2.75, 3.05) is 12.8 Å². The van der Waals surface area contributed by atoms with Crippen molar-refractivity contribution in [3.05, 3.63) is 59.5 Å². The zero-order valence-corrected chi connectivity index (χ0v) is 13.5. The van der Waals surface area contributed by atoms with Gasteiger partial charge < -0.3 is 15.6 Å². The van der Waals surface area contributed by atoms with Crippen LogP contribution < -0.4 is 10.5 Å². The van der Waals surface area contributed by atoms with E-state index in [0.717, 1.165) is 16.7 Å². The fourth-order valence-electron chi connectivity index (χ4n) is 2.39. The van der Waals surface area contributed by atoms with E-state index >= 15 is 0 Å². The molecule has 4 nitrogen and oxygen atoms in total. The molecule has 3 aromatic rings. The number of nitrogen functional groups attached to an aromatic ring is 1. The van der Waals surface area contributed by atoms with Crippen molar-refractivity contribution in [2.45, 2.75) is 0 Å². The molecule has 2 aromatic carbocycles. The molecule has 0 saturated heterocycles. The van der Waals surface area contributed by atoms with Gasteiger partial charge in [-0.15, -0.1) is 0 Å². The van der Waals surface area contributed by atoms with E-state index in [1.807, 2.05) is 6.07 Å². The van der Waals surface area contributed by atoms with Gasteiger partial charge in [0.2, 0.25) is 0 Å². The average molecular weight is 345 g/mol. The summed E-state index contributed by atoms with van der Waals surface area (Å²) in [7, 11) is 1.47. The lowest BCUT2D eigenvalue weighted by Gasteiger charge is -2.11. The smallest absolute Gasteiger partial charge is 0.161 e. The molecule has 0 amide bonds. The van der Waals surface area contributed by atoms with Gasteiger partial charge in [0.1, 0.15) is 11.6 Å². The monoisotopic (exact) mass is 344 g/mol. The molecule has 1 aromatic heterocycles. The Hall–Kier alpha value is -2.79. The molecular formula is C18H14ClFN2O2. The van der Waals surface area contributed by atoms with Crippen molar-refractivity contribution in [1.82, 2.24) is 4.98 Å². The molecule has 0 fully saturated rings. The van der Waals surface area contributed by atoms with E-state index in [-0.39, 0.29) is 10.8 Å². The highest BCUT2D eigenvalue weighted by Gasteiger charge is 2.11. The Kier molecular flexibility index (Phi) is 4.27. The van der Waals surface area contributed by atoms with Crippen molar-refractivity contribution >= 4 is 17.4 Å². The number of hydrogen-bond donors (Lipinski definition) is 2. The third-order valence-electron chi connectivity index (χ3n) is 3.66. The van der Waals surface area contributed by atoms with Crippen LogP contribution in [0.4, 0.5) is 10.2 Å². The van der Waals surface area contributed by atoms with Crippen LogP contribution in [0.3, 0.4) is 0 Å². The van der Waals surface area contributed by atoms with Crippen LogP contribution in [-0.4, -0.2) is 17.2 Å². The first-order valence-corrected chi connectivity index (χ1v) is 7.45. The summed E-state index contributed by atoms with van der Waals surface area (Å²) in [4.78, 5) is 4.20. The maximum Gasteiger partial charge on any atom is 0.161 e. The van der Waals surface area contributed by atoms with E-state index in [1.54, 1.807) is 24.4 Å². The maximum absolute atomic E-state index is 13.3. The van der Waals surface area contributed by atoms with Crippen LogP contribution >= 0.6 is 11.6 Å². The summed E-state index contributed by atoms with van der Waals surface area (Å²) in [6, 6.07) is 11.2. The van der Waals surface area contributed by atoms with Crippen LogP contribution in [-0.2, 0) is 0 Å². The fourth-order valence-corrected chi connectivity index (χ4v) is 2.57. The Bertz CT molecular complexity index is 916. The highest BCUT2D eigenvalue weighted by molar-refractivity contribution is 6.31. The number of aromatic nitrogens is 1. The summed E-state index contributed by atoms with van der Waals surface area (Å²) in [6.07, 6.45) is 1.60. The topological polar surface area (TPSA) is 68.4 Å². The molecule has 1 heterocycles. The summed E-state index contributed by atoms with van der Waals surface area (Å²) in [5, 5.41) is 9.76. The van der Waals surface area contributed by atoms with Gasteiger partial charge in [0.05, 0.1) is 12.1 Å². The summed E-state index contributed by atoms with van der Waals surface area (Å²) >= 11 is 5.84. The molecule has 0 aliphatic heterocycles. The lowest BCUT2D eigenvalue weighted by molar-refractivity contribution is 0.373. The van der Waals surface area contributed by atoms with Crippen molar-refractivity contribution in [3.63, 3.8) is 0 Å². The van der Waals surface area contributed by atoms with Crippen molar-refractivity contribution in [1.29, 1.82) is 0 Å². The van der Waals surface area contributed by atoms with Gasteiger partial charge in [0.15, 0.2) is 11.5 Å². The predicted octanol–water partition coefficient (Wildman–Crippen LogP) is 4.50. The van der Waals surface area contributed by atoms with E-state index in [0.29, 0.717) is 17.1 Å². The van der Waals surface area contributed by atoms with E-state index in [1.165, 1.54) is 25.3 Å². The molecule has 0 spiro atoms. The second-order valence-electron chi connectivity index (χ2n) is 5.17. The number of nitrogens with zero attached hydrogens (tertiary/aromatic N) is 1. The third kappa shape index (κ3) is 2.98. The number of benzene rings is 2. The predicted molar refractivity (Wildman–Crippen MR) is 92.7 cm³/mol. The third-order valence-corrected chi connectivity index (χ3v) is 3.95. The van der Waals surface area contributed by atoms with Gasteiger partial charge in [0, 0.05) is 17.3 Å². The van der Waals surface area contributed by atoms with Crippen molar-refractivity contribution in [2.24, 2.45) is 0 Å². The van der Waals surface area contributed by atoms with Gasteiger partial charge >= 0.3 is 0 Å². The van der Waals surface area contributed by atoms with Gasteiger partial charge in [-0.2, -0.15) is 0 Å². The number of aromatic hydroxyl groups is 1. The highest BCUT2D eigenvalue weighted by atomic mass is 35.5. The number of rotatable bonds is 3. The molecule has 122 valence electrons. The quantitative estimate of drug-likeness (QED) is 0.733. The number of phenols is 1. The number of methoxy groups -OCH3 is 1. The second-order valence-corrected chi connectivity index (χ2v) is 5.58.